The molecule has 1 saturated carbocycles. The minimum Gasteiger partial charge on any atom is -0.494 e. The van der Waals surface area contributed by atoms with Gasteiger partial charge in [-0.1, -0.05) is 55.0 Å². The first-order valence-electron chi connectivity index (χ1n) is 11.7. The summed E-state index contributed by atoms with van der Waals surface area (Å²) in [5.41, 5.74) is 4.76. The first kappa shape index (κ1) is 22.9. The number of nitrogens with zero attached hydrogens (tertiary/aromatic N) is 3. The quantitative estimate of drug-likeness (QED) is 0.297. The Balaban J connectivity index is 1.57. The van der Waals surface area contributed by atoms with Crippen molar-refractivity contribution in [1.29, 1.82) is 0 Å². The molecule has 34 heavy (non-hydrogen) atoms. The van der Waals surface area contributed by atoms with Gasteiger partial charge in [0.1, 0.15) is 15.8 Å². The third-order valence-electron chi connectivity index (χ3n) is 6.33. The van der Waals surface area contributed by atoms with E-state index in [9.17, 15) is 4.79 Å². The first-order valence-corrected chi connectivity index (χ1v) is 12.9. The molecule has 1 aliphatic heterocycles. The molecule has 2 aromatic carbocycles. The summed E-state index contributed by atoms with van der Waals surface area (Å²) >= 11 is 7.01. The highest BCUT2D eigenvalue weighted by Crippen LogP contribution is 2.39. The number of carbonyl (C=O) groups excluding carboxylic acids is 1. The second kappa shape index (κ2) is 9.76. The van der Waals surface area contributed by atoms with Crippen molar-refractivity contribution in [2.75, 3.05) is 6.61 Å². The summed E-state index contributed by atoms with van der Waals surface area (Å²) in [6.45, 7) is 4.66. The van der Waals surface area contributed by atoms with Crippen LogP contribution in [0.2, 0.25) is 0 Å². The van der Waals surface area contributed by atoms with Gasteiger partial charge in [-0.3, -0.25) is 9.69 Å². The Bertz CT molecular complexity index is 1260. The molecule has 2 fully saturated rings. The van der Waals surface area contributed by atoms with Crippen LogP contribution in [0.3, 0.4) is 0 Å². The summed E-state index contributed by atoms with van der Waals surface area (Å²) in [6, 6.07) is 16.3. The lowest BCUT2D eigenvalue weighted by molar-refractivity contribution is -0.123. The van der Waals surface area contributed by atoms with Crippen LogP contribution in [0, 0.1) is 6.92 Å². The van der Waals surface area contributed by atoms with Gasteiger partial charge in [-0.2, -0.15) is 5.10 Å². The molecule has 2 heterocycles. The van der Waals surface area contributed by atoms with E-state index in [0.717, 1.165) is 59.5 Å². The second-order valence-electron chi connectivity index (χ2n) is 8.61. The molecule has 3 aromatic rings. The molecule has 0 atom stereocenters. The maximum Gasteiger partial charge on any atom is 0.266 e. The van der Waals surface area contributed by atoms with E-state index < -0.39 is 0 Å². The average molecular weight is 490 g/mol. The predicted molar refractivity (Wildman–Crippen MR) is 142 cm³/mol. The van der Waals surface area contributed by atoms with Crippen molar-refractivity contribution in [2.24, 2.45) is 0 Å². The Hall–Kier alpha value is -2.90. The number of aromatic nitrogens is 2. The molecule has 1 aliphatic carbocycles. The number of ether oxygens (including phenoxy) is 1. The largest absolute Gasteiger partial charge is 0.494 e. The maximum atomic E-state index is 13.3. The molecule has 5 nitrogen and oxygen atoms in total. The number of thioether (sulfide) groups is 1. The normalized spacial score (nSPS) is 17.8. The molecule has 0 bridgehead atoms. The number of hydrogen-bond acceptors (Lipinski definition) is 5. The SMILES string of the molecule is CCOc1ccc(-c2nn(-c3ccccc3)cc2C=C2SC(=S)N(C3CCCC3)C2=O)c(C)c1. The molecule has 1 amide bonds. The number of hydrogen-bond donors (Lipinski definition) is 0. The summed E-state index contributed by atoms with van der Waals surface area (Å²) in [6.07, 6.45) is 8.32. The van der Waals surface area contributed by atoms with Crippen LogP contribution in [-0.4, -0.2) is 37.6 Å². The summed E-state index contributed by atoms with van der Waals surface area (Å²) < 4.78 is 8.20. The maximum absolute atomic E-state index is 13.3. The third kappa shape index (κ3) is 4.42. The van der Waals surface area contributed by atoms with Crippen molar-refractivity contribution in [3.63, 3.8) is 0 Å². The number of rotatable bonds is 6. The van der Waals surface area contributed by atoms with Crippen molar-refractivity contribution in [2.45, 2.75) is 45.6 Å². The smallest absolute Gasteiger partial charge is 0.266 e. The van der Waals surface area contributed by atoms with Gasteiger partial charge in [0.05, 0.1) is 17.2 Å². The number of aryl methyl sites for hydroxylation is 1. The van der Waals surface area contributed by atoms with Crippen molar-refractivity contribution in [3.05, 3.63) is 70.8 Å². The van der Waals surface area contributed by atoms with Crippen LogP contribution >= 0.6 is 24.0 Å². The lowest BCUT2D eigenvalue weighted by atomic mass is 10.0. The minimum absolute atomic E-state index is 0.0173. The molecule has 7 heteroatoms. The van der Waals surface area contributed by atoms with Crippen molar-refractivity contribution < 1.29 is 9.53 Å². The molecular formula is C27H27N3O2S2. The van der Waals surface area contributed by atoms with E-state index >= 15 is 0 Å². The standard InChI is InChI=1S/C27H27N3O2S2/c1-3-32-22-13-14-23(18(2)15-22)25-19(17-29(28-25)20-9-5-4-6-10-20)16-24-26(31)30(27(33)34-24)21-11-7-8-12-21/h4-6,9-10,13-17,21H,3,7-8,11-12H2,1-2H3. The summed E-state index contributed by atoms with van der Waals surface area (Å²) in [5, 5.41) is 4.93. The van der Waals surface area contributed by atoms with Gasteiger partial charge in [-0.05, 0) is 68.7 Å². The summed E-state index contributed by atoms with van der Waals surface area (Å²) in [4.78, 5) is 15.8. The molecular weight excluding hydrogens is 462 g/mol. The summed E-state index contributed by atoms with van der Waals surface area (Å²) in [7, 11) is 0. The van der Waals surface area contributed by atoms with Crippen LogP contribution in [0.5, 0.6) is 5.75 Å². The van der Waals surface area contributed by atoms with E-state index in [1.54, 1.807) is 0 Å². The van der Waals surface area contributed by atoms with E-state index in [-0.39, 0.29) is 11.9 Å². The van der Waals surface area contributed by atoms with Gasteiger partial charge < -0.3 is 4.74 Å². The van der Waals surface area contributed by atoms with Crippen LogP contribution in [-0.2, 0) is 4.79 Å². The molecule has 0 N–H and O–H groups in total. The second-order valence-corrected chi connectivity index (χ2v) is 10.3. The lowest BCUT2D eigenvalue weighted by Gasteiger charge is -2.21. The number of amides is 1. The average Bonchev–Trinajstić information content (AvgIpc) is 3.55. The molecule has 1 aromatic heterocycles. The van der Waals surface area contributed by atoms with Gasteiger partial charge >= 0.3 is 0 Å². The molecule has 0 spiro atoms. The number of benzene rings is 2. The third-order valence-corrected chi connectivity index (χ3v) is 7.66. The Morgan fingerprint density at radius 3 is 2.65 bits per heavy atom. The molecule has 174 valence electrons. The van der Waals surface area contributed by atoms with Gasteiger partial charge in [0.2, 0.25) is 0 Å². The Morgan fingerprint density at radius 1 is 1.18 bits per heavy atom. The van der Waals surface area contributed by atoms with E-state index in [1.807, 2.05) is 77.3 Å². The van der Waals surface area contributed by atoms with Gasteiger partial charge in [0.15, 0.2) is 0 Å². The fraction of sp³-hybridized carbons (Fsp3) is 0.296. The van der Waals surface area contributed by atoms with Crippen molar-refractivity contribution in [3.8, 4) is 22.7 Å². The van der Waals surface area contributed by atoms with Crippen molar-refractivity contribution in [1.82, 2.24) is 14.7 Å². The van der Waals surface area contributed by atoms with Crippen LogP contribution < -0.4 is 4.74 Å². The van der Waals surface area contributed by atoms with Crippen LogP contribution in [0.15, 0.2) is 59.6 Å². The highest BCUT2D eigenvalue weighted by atomic mass is 32.2. The fourth-order valence-electron chi connectivity index (χ4n) is 4.67. The summed E-state index contributed by atoms with van der Waals surface area (Å²) in [5.74, 6) is 0.856. The Morgan fingerprint density at radius 2 is 1.94 bits per heavy atom. The Kier molecular flexibility index (Phi) is 6.57. The van der Waals surface area contributed by atoms with Crippen LogP contribution in [0.1, 0.15) is 43.7 Å². The van der Waals surface area contributed by atoms with Crippen molar-refractivity contribution >= 4 is 40.3 Å². The molecule has 2 aliphatic rings. The monoisotopic (exact) mass is 489 g/mol. The zero-order valence-electron chi connectivity index (χ0n) is 19.4. The van der Waals surface area contributed by atoms with E-state index in [4.69, 9.17) is 22.1 Å². The topological polar surface area (TPSA) is 47.4 Å². The van der Waals surface area contributed by atoms with Gasteiger partial charge in [0.25, 0.3) is 5.91 Å². The minimum atomic E-state index is 0.0173. The first-order chi connectivity index (χ1) is 16.5. The number of para-hydroxylation sites is 1. The van der Waals surface area contributed by atoms with Gasteiger partial charge in [0, 0.05) is 23.4 Å². The number of carbonyl (C=O) groups is 1. The molecule has 0 unspecified atom stereocenters. The lowest BCUT2D eigenvalue weighted by Crippen LogP contribution is -2.36. The van der Waals surface area contributed by atoms with E-state index in [0.29, 0.717) is 15.8 Å². The van der Waals surface area contributed by atoms with Gasteiger partial charge in [-0.25, -0.2) is 4.68 Å². The van der Waals surface area contributed by atoms with E-state index in [2.05, 4.69) is 6.92 Å². The van der Waals surface area contributed by atoms with Gasteiger partial charge in [-0.15, -0.1) is 0 Å². The molecule has 0 radical (unpaired) electrons. The number of thiocarbonyl (C=S) groups is 1. The van der Waals surface area contributed by atoms with Crippen LogP contribution in [0.25, 0.3) is 23.0 Å². The van der Waals surface area contributed by atoms with E-state index in [1.165, 1.54) is 11.8 Å². The molecule has 1 saturated heterocycles. The zero-order chi connectivity index (χ0) is 23.7. The fourth-order valence-corrected chi connectivity index (χ4v) is 6.06. The Labute approximate surface area is 209 Å². The zero-order valence-corrected chi connectivity index (χ0v) is 21.0. The van der Waals surface area contributed by atoms with Crippen LogP contribution in [0.4, 0.5) is 0 Å². The molecule has 5 rings (SSSR count). The highest BCUT2D eigenvalue weighted by molar-refractivity contribution is 8.26. The predicted octanol–water partition coefficient (Wildman–Crippen LogP) is 6.39. The highest BCUT2D eigenvalue weighted by Gasteiger charge is 2.38.